The largest absolute Gasteiger partial charge is 0.494 e. The summed E-state index contributed by atoms with van der Waals surface area (Å²) in [6.07, 6.45) is 28.2. The molecule has 2 aromatic carbocycles. The summed E-state index contributed by atoms with van der Waals surface area (Å²) in [5, 5.41) is 24.4. The Morgan fingerprint density at radius 2 is 1.41 bits per heavy atom. The number of anilines is 1. The smallest absolute Gasteiger partial charge is 0.220 e. The second-order valence-electron chi connectivity index (χ2n) is 16.3. The third-order valence-corrected chi connectivity index (χ3v) is 11.6. The third-order valence-electron chi connectivity index (χ3n) is 11.6. The van der Waals surface area contributed by atoms with Gasteiger partial charge in [-0.1, -0.05) is 128 Å². The molecule has 326 valence electrons. The van der Waals surface area contributed by atoms with Crippen molar-refractivity contribution in [3.05, 3.63) is 64.8 Å². The van der Waals surface area contributed by atoms with E-state index in [4.69, 9.17) is 14.1 Å². The maximum atomic E-state index is 13.0. The topological polar surface area (TPSA) is 125 Å². The molecule has 0 fully saturated rings. The van der Waals surface area contributed by atoms with Crippen LogP contribution in [-0.2, 0) is 4.79 Å². The molecule has 0 unspecified atom stereocenters. The lowest BCUT2D eigenvalue weighted by Crippen LogP contribution is -2.45. The van der Waals surface area contributed by atoms with Gasteiger partial charge in [-0.15, -0.1) is 0 Å². The second-order valence-corrected chi connectivity index (χ2v) is 16.3. The number of rotatable bonds is 32. The van der Waals surface area contributed by atoms with Crippen molar-refractivity contribution < 1.29 is 24.2 Å². The number of carbonyl (C=O) groups excluding carboxylic acids is 1. The number of carbonyl (C=O) groups is 1. The molecule has 0 bridgehead atoms. The van der Waals surface area contributed by atoms with Gasteiger partial charge in [-0.2, -0.15) is 0 Å². The Bertz CT molecular complexity index is 1830. The van der Waals surface area contributed by atoms with E-state index >= 15 is 0 Å². The average Bonchev–Trinajstić information content (AvgIpc) is 3.24. The van der Waals surface area contributed by atoms with E-state index in [9.17, 15) is 19.8 Å². The van der Waals surface area contributed by atoms with Gasteiger partial charge in [0.1, 0.15) is 17.0 Å². The van der Waals surface area contributed by atoms with E-state index in [0.717, 1.165) is 93.2 Å². The number of aliphatic hydroxyl groups is 2. The van der Waals surface area contributed by atoms with Gasteiger partial charge >= 0.3 is 0 Å². The number of ether oxygens (including phenoxy) is 1. The molecule has 9 heteroatoms. The van der Waals surface area contributed by atoms with Gasteiger partial charge in [0.2, 0.25) is 5.91 Å². The van der Waals surface area contributed by atoms with Gasteiger partial charge in [0.05, 0.1) is 25.4 Å². The number of amides is 1. The van der Waals surface area contributed by atoms with Crippen LogP contribution in [-0.4, -0.2) is 59.6 Å². The Balaban J connectivity index is 1.03. The van der Waals surface area contributed by atoms with E-state index in [1.165, 1.54) is 83.1 Å². The summed E-state index contributed by atoms with van der Waals surface area (Å²) in [5.74, 6) is 1.09. The molecule has 1 amide bonds. The van der Waals surface area contributed by atoms with Crippen molar-refractivity contribution in [1.82, 2.24) is 10.3 Å². The number of fused-ring (bicyclic) bond motifs is 4. The lowest BCUT2D eigenvalue weighted by atomic mass is 10.0. The first-order valence-corrected chi connectivity index (χ1v) is 23.3. The van der Waals surface area contributed by atoms with E-state index in [1.807, 2.05) is 36.4 Å². The minimum absolute atomic E-state index is 0.0927. The van der Waals surface area contributed by atoms with Crippen molar-refractivity contribution in [3.8, 4) is 17.2 Å². The number of hydrogen-bond acceptors (Lipinski definition) is 8. The zero-order chi connectivity index (χ0) is 42.1. The average molecular weight is 814 g/mol. The van der Waals surface area contributed by atoms with Crippen LogP contribution in [0.1, 0.15) is 162 Å². The summed E-state index contributed by atoms with van der Waals surface area (Å²) in [6, 6.07) is 12.5. The lowest BCUT2D eigenvalue weighted by molar-refractivity contribution is -0.123. The van der Waals surface area contributed by atoms with Crippen molar-refractivity contribution in [2.24, 2.45) is 0 Å². The molecule has 0 radical (unpaired) electrons. The van der Waals surface area contributed by atoms with Crippen LogP contribution in [0.3, 0.4) is 0 Å². The van der Waals surface area contributed by atoms with E-state index in [2.05, 4.69) is 37.1 Å². The summed E-state index contributed by atoms with van der Waals surface area (Å²) in [7, 11) is 0. The highest BCUT2D eigenvalue weighted by Gasteiger charge is 2.19. The minimum Gasteiger partial charge on any atom is -0.494 e. The maximum Gasteiger partial charge on any atom is 0.220 e. The predicted octanol–water partition coefficient (Wildman–Crippen LogP) is 11.7. The Hall–Kier alpha value is -3.95. The number of nitrogens with zero attached hydrogens (tertiary/aromatic N) is 2. The number of aromatic nitrogens is 1. The van der Waals surface area contributed by atoms with Crippen molar-refractivity contribution in [3.63, 3.8) is 0 Å². The Labute approximate surface area is 354 Å². The zero-order valence-electron chi connectivity index (χ0n) is 36.7. The molecule has 2 aliphatic rings. The maximum absolute atomic E-state index is 13.0. The van der Waals surface area contributed by atoms with Crippen molar-refractivity contribution in [1.29, 1.82) is 0 Å². The van der Waals surface area contributed by atoms with Crippen molar-refractivity contribution in [2.75, 3.05) is 31.2 Å². The molecule has 0 aromatic heterocycles. The lowest BCUT2D eigenvalue weighted by Gasteiger charge is -2.21. The van der Waals surface area contributed by atoms with E-state index in [0.29, 0.717) is 35.5 Å². The molecule has 4 rings (SSSR count). The molecular weight excluding hydrogens is 739 g/mol. The van der Waals surface area contributed by atoms with Crippen LogP contribution in [0.2, 0.25) is 0 Å². The highest BCUT2D eigenvalue weighted by molar-refractivity contribution is 5.97. The summed E-state index contributed by atoms with van der Waals surface area (Å²) >= 11 is 0. The van der Waals surface area contributed by atoms with Crippen LogP contribution >= 0.6 is 0 Å². The Morgan fingerprint density at radius 3 is 2.05 bits per heavy atom. The first-order valence-electron chi connectivity index (χ1n) is 23.3. The van der Waals surface area contributed by atoms with Crippen LogP contribution in [0.15, 0.2) is 63.8 Å². The molecule has 0 saturated carbocycles. The Morgan fingerprint density at radius 1 is 0.780 bits per heavy atom. The highest BCUT2D eigenvalue weighted by atomic mass is 16.5. The molecule has 2 aromatic rings. The molecule has 1 aliphatic heterocycles. The molecule has 3 N–H and O–H groups in total. The monoisotopic (exact) mass is 814 g/mol. The fourth-order valence-corrected chi connectivity index (χ4v) is 7.95. The van der Waals surface area contributed by atoms with Crippen molar-refractivity contribution >= 4 is 33.5 Å². The van der Waals surface area contributed by atoms with Crippen LogP contribution in [0.5, 0.6) is 5.75 Å². The number of allylic oxidation sites excluding steroid dienone is 1. The highest BCUT2D eigenvalue weighted by Crippen LogP contribution is 2.33. The van der Waals surface area contributed by atoms with E-state index in [-0.39, 0.29) is 17.9 Å². The van der Waals surface area contributed by atoms with E-state index in [1.54, 1.807) is 6.08 Å². The van der Waals surface area contributed by atoms with Gasteiger partial charge < -0.3 is 29.6 Å². The van der Waals surface area contributed by atoms with Gasteiger partial charge in [-0.25, -0.2) is 4.98 Å². The van der Waals surface area contributed by atoms with E-state index < -0.39 is 12.1 Å². The minimum atomic E-state index is -0.876. The molecular formula is C50H75N3O6. The standard InChI is InChI=1S/C50H75N3O6/c1-4-7-8-9-10-11-12-13-14-16-19-22-25-28-45(55)44(38-54)51-49(57)29-26-23-20-17-15-18-21-24-27-34-58-40-31-32-41-42(36-40)50-48(37-46(41)56)59-47-35-39(53(5-2)6-3)30-33-43(47)52-50/h25,28,30-33,35-37,44-45,54-55H,4-24,26-27,29,34,38H2,1-3H3,(H,51,57)/b28-25+/t44-,45+/m0/s1. The van der Waals surface area contributed by atoms with Gasteiger partial charge in [0, 0.05) is 48.1 Å². The normalized spacial score (nSPS) is 12.8. The molecule has 2 atom stereocenters. The van der Waals surface area contributed by atoms with Crippen molar-refractivity contribution in [2.45, 2.75) is 174 Å². The molecule has 1 heterocycles. The SMILES string of the molecule is CCCCCCCCCCCCC/C=C/[C@@H](O)[C@H](CO)NC(=O)CCCCCCCCCCCOc1ccc2c(=O)cc3oc4cc(N(CC)CC)ccc4nc-3c2c1. The Kier molecular flexibility index (Phi) is 22.4. The molecule has 0 saturated heterocycles. The van der Waals surface area contributed by atoms with Gasteiger partial charge in [0.25, 0.3) is 0 Å². The first kappa shape index (κ1) is 47.7. The fourth-order valence-electron chi connectivity index (χ4n) is 7.95. The number of benzene rings is 3. The molecule has 0 spiro atoms. The fraction of sp³-hybridized carbons (Fsp3) is 0.620. The summed E-state index contributed by atoms with van der Waals surface area (Å²) in [5.41, 5.74) is 3.05. The van der Waals surface area contributed by atoms with Gasteiger partial charge in [-0.3, -0.25) is 9.59 Å². The van der Waals surface area contributed by atoms with Gasteiger partial charge in [0.15, 0.2) is 16.8 Å². The number of aliphatic hydroxyl groups excluding tert-OH is 2. The quantitative estimate of drug-likeness (QED) is 0.0193. The first-order chi connectivity index (χ1) is 28.9. The van der Waals surface area contributed by atoms with Crippen LogP contribution in [0.4, 0.5) is 5.69 Å². The number of nitrogens with one attached hydrogen (secondary N) is 1. The second kappa shape index (κ2) is 27.7. The summed E-state index contributed by atoms with van der Waals surface area (Å²) < 4.78 is 12.3. The van der Waals surface area contributed by atoms with Gasteiger partial charge in [-0.05, 0) is 69.9 Å². The summed E-state index contributed by atoms with van der Waals surface area (Å²) in [4.78, 5) is 32.6. The zero-order valence-corrected chi connectivity index (χ0v) is 36.7. The molecule has 59 heavy (non-hydrogen) atoms. The van der Waals surface area contributed by atoms with Crippen LogP contribution < -0.4 is 20.4 Å². The number of unbranched alkanes of at least 4 members (excludes halogenated alkanes) is 19. The van der Waals surface area contributed by atoms with Crippen LogP contribution in [0, 0.1) is 0 Å². The molecule has 1 aliphatic carbocycles. The molecule has 9 nitrogen and oxygen atoms in total. The number of hydrogen-bond donors (Lipinski definition) is 3. The summed E-state index contributed by atoms with van der Waals surface area (Å²) in [6.45, 7) is 8.63. The van der Waals surface area contributed by atoms with Crippen LogP contribution in [0.25, 0.3) is 33.3 Å². The third kappa shape index (κ3) is 16.6. The predicted molar refractivity (Wildman–Crippen MR) is 245 cm³/mol.